The van der Waals surface area contributed by atoms with Crippen LogP contribution in [-0.4, -0.2) is 36.3 Å². The number of aromatic nitrogens is 1. The molecule has 2 N–H and O–H groups in total. The van der Waals surface area contributed by atoms with Crippen molar-refractivity contribution in [3.63, 3.8) is 0 Å². The normalized spacial score (nSPS) is 15.1. The van der Waals surface area contributed by atoms with Crippen LogP contribution in [0.2, 0.25) is 0 Å². The molecule has 6 nitrogen and oxygen atoms in total. The lowest BCUT2D eigenvalue weighted by Crippen LogP contribution is -2.22. The molecule has 1 atom stereocenters. The first-order chi connectivity index (χ1) is 14.5. The predicted molar refractivity (Wildman–Crippen MR) is 118 cm³/mol. The third-order valence-corrected chi connectivity index (χ3v) is 5.62. The van der Waals surface area contributed by atoms with E-state index >= 15 is 0 Å². The number of nitrogens with zero attached hydrogens (tertiary/aromatic N) is 2. The molecule has 2 aromatic carbocycles. The number of pyridine rings is 1. The minimum absolute atomic E-state index is 0.229. The molecule has 0 saturated carbocycles. The number of carboxylic acid groups (broad SMARTS) is 1. The molecular weight excluding hydrogens is 378 g/mol. The van der Waals surface area contributed by atoms with Gasteiger partial charge in [0.1, 0.15) is 5.75 Å². The molecule has 1 aromatic heterocycles. The lowest BCUT2D eigenvalue weighted by Gasteiger charge is -2.29. The molecule has 0 fully saturated rings. The molecule has 2 heterocycles. The van der Waals surface area contributed by atoms with Crippen molar-refractivity contribution in [1.82, 2.24) is 4.98 Å². The number of carboxylic acids is 1. The highest BCUT2D eigenvalue weighted by atomic mass is 16.5. The van der Waals surface area contributed by atoms with Crippen LogP contribution in [0.3, 0.4) is 0 Å². The van der Waals surface area contributed by atoms with Gasteiger partial charge in [0, 0.05) is 43.1 Å². The van der Waals surface area contributed by atoms with Crippen molar-refractivity contribution in [3.8, 4) is 5.75 Å². The van der Waals surface area contributed by atoms with Crippen molar-refractivity contribution in [2.45, 2.75) is 19.3 Å². The number of rotatable bonds is 6. The van der Waals surface area contributed by atoms with Crippen LogP contribution < -0.4 is 15.0 Å². The Balaban J connectivity index is 1.54. The SMILES string of the molecule is Cc1ccccc1N(C)c1ccc2c(c1)OCC[C@H]2CNc1cnccc1C(=O)O. The maximum absolute atomic E-state index is 11.4. The number of carbonyl (C=O) groups is 1. The fourth-order valence-electron chi connectivity index (χ4n) is 3.91. The van der Waals surface area contributed by atoms with Crippen LogP contribution in [0.5, 0.6) is 5.75 Å². The van der Waals surface area contributed by atoms with Crippen LogP contribution in [0.4, 0.5) is 17.1 Å². The summed E-state index contributed by atoms with van der Waals surface area (Å²) in [5.74, 6) is 0.153. The molecule has 1 aliphatic heterocycles. The first kappa shape index (κ1) is 19.8. The summed E-state index contributed by atoms with van der Waals surface area (Å²) in [5, 5.41) is 12.6. The Morgan fingerprint density at radius 2 is 2.10 bits per heavy atom. The summed E-state index contributed by atoms with van der Waals surface area (Å²) < 4.78 is 5.96. The van der Waals surface area contributed by atoms with Gasteiger partial charge in [-0.25, -0.2) is 4.79 Å². The number of nitrogens with one attached hydrogen (secondary N) is 1. The Bertz CT molecular complexity index is 1070. The molecule has 0 spiro atoms. The van der Waals surface area contributed by atoms with Crippen molar-refractivity contribution in [1.29, 1.82) is 0 Å². The molecule has 6 heteroatoms. The number of para-hydroxylation sites is 1. The fourth-order valence-corrected chi connectivity index (χ4v) is 3.91. The topological polar surface area (TPSA) is 74.7 Å². The van der Waals surface area contributed by atoms with E-state index in [1.54, 1.807) is 6.20 Å². The summed E-state index contributed by atoms with van der Waals surface area (Å²) in [6, 6.07) is 16.1. The van der Waals surface area contributed by atoms with E-state index in [0.717, 1.165) is 29.1 Å². The van der Waals surface area contributed by atoms with Gasteiger partial charge < -0.3 is 20.1 Å². The van der Waals surface area contributed by atoms with Crippen LogP contribution in [0.1, 0.15) is 33.8 Å². The molecule has 0 aliphatic carbocycles. The average Bonchev–Trinajstić information content (AvgIpc) is 2.77. The van der Waals surface area contributed by atoms with E-state index in [1.165, 1.54) is 17.8 Å². The third-order valence-electron chi connectivity index (χ3n) is 5.62. The van der Waals surface area contributed by atoms with E-state index < -0.39 is 5.97 Å². The number of aryl methyl sites for hydroxylation is 1. The van der Waals surface area contributed by atoms with Crippen LogP contribution in [0, 0.1) is 6.92 Å². The molecule has 0 unspecified atom stereocenters. The first-order valence-corrected chi connectivity index (χ1v) is 10.0. The Morgan fingerprint density at radius 1 is 1.27 bits per heavy atom. The molecule has 0 radical (unpaired) electrons. The van der Waals surface area contributed by atoms with Crippen LogP contribution in [0.25, 0.3) is 0 Å². The number of hydrogen-bond donors (Lipinski definition) is 2. The van der Waals surface area contributed by atoms with Gasteiger partial charge in [-0.2, -0.15) is 0 Å². The zero-order valence-electron chi connectivity index (χ0n) is 17.1. The number of fused-ring (bicyclic) bond motifs is 1. The highest BCUT2D eigenvalue weighted by Crippen LogP contribution is 2.38. The van der Waals surface area contributed by atoms with E-state index in [0.29, 0.717) is 18.8 Å². The second-order valence-electron chi connectivity index (χ2n) is 7.51. The van der Waals surface area contributed by atoms with Crippen LogP contribution in [0.15, 0.2) is 60.9 Å². The van der Waals surface area contributed by atoms with Gasteiger partial charge in [0.2, 0.25) is 0 Å². The smallest absolute Gasteiger partial charge is 0.337 e. The standard InChI is InChI=1S/C24H25N3O3/c1-16-5-3-4-6-22(16)27(2)18-7-8-19-17(10-12-30-23(19)13-18)14-26-21-15-25-11-9-20(21)24(28)29/h3-9,11,13,15,17,26H,10,12,14H2,1-2H3,(H,28,29)/t17-/m0/s1. The predicted octanol–water partition coefficient (Wildman–Crippen LogP) is 4.83. The summed E-state index contributed by atoms with van der Waals surface area (Å²) in [4.78, 5) is 17.6. The van der Waals surface area contributed by atoms with Gasteiger partial charge in [-0.3, -0.25) is 4.98 Å². The van der Waals surface area contributed by atoms with Gasteiger partial charge >= 0.3 is 5.97 Å². The van der Waals surface area contributed by atoms with Gasteiger partial charge in [-0.1, -0.05) is 24.3 Å². The van der Waals surface area contributed by atoms with E-state index in [-0.39, 0.29) is 11.5 Å². The Kier molecular flexibility index (Phi) is 5.57. The summed E-state index contributed by atoms with van der Waals surface area (Å²) in [5.41, 5.74) is 5.34. The van der Waals surface area contributed by atoms with Gasteiger partial charge in [-0.05, 0) is 42.7 Å². The third kappa shape index (κ3) is 3.94. The van der Waals surface area contributed by atoms with E-state index in [4.69, 9.17) is 4.74 Å². The highest BCUT2D eigenvalue weighted by molar-refractivity contribution is 5.93. The molecule has 0 saturated heterocycles. The van der Waals surface area contributed by atoms with Gasteiger partial charge in [0.05, 0.1) is 24.1 Å². The minimum Gasteiger partial charge on any atom is -0.493 e. The fraction of sp³-hybridized carbons (Fsp3) is 0.250. The minimum atomic E-state index is -0.962. The lowest BCUT2D eigenvalue weighted by molar-refractivity contribution is 0.0697. The van der Waals surface area contributed by atoms with Gasteiger partial charge in [0.25, 0.3) is 0 Å². The number of aromatic carboxylic acids is 1. The largest absolute Gasteiger partial charge is 0.493 e. The van der Waals surface area contributed by atoms with E-state index in [1.807, 2.05) is 12.1 Å². The molecule has 1 aliphatic rings. The maximum atomic E-state index is 11.4. The van der Waals surface area contributed by atoms with Crippen molar-refractivity contribution < 1.29 is 14.6 Å². The molecular formula is C24H25N3O3. The second-order valence-corrected chi connectivity index (χ2v) is 7.51. The zero-order valence-corrected chi connectivity index (χ0v) is 17.1. The van der Waals surface area contributed by atoms with E-state index in [2.05, 4.69) is 59.5 Å². The lowest BCUT2D eigenvalue weighted by atomic mass is 9.92. The number of benzene rings is 2. The van der Waals surface area contributed by atoms with Crippen LogP contribution >= 0.6 is 0 Å². The molecule has 30 heavy (non-hydrogen) atoms. The van der Waals surface area contributed by atoms with Crippen molar-refractivity contribution >= 4 is 23.0 Å². The second kappa shape index (κ2) is 8.45. The summed E-state index contributed by atoms with van der Waals surface area (Å²) in [7, 11) is 2.06. The summed E-state index contributed by atoms with van der Waals surface area (Å²) in [6.07, 6.45) is 3.92. The molecule has 4 rings (SSSR count). The van der Waals surface area contributed by atoms with Crippen LogP contribution in [-0.2, 0) is 0 Å². The number of ether oxygens (including phenoxy) is 1. The first-order valence-electron chi connectivity index (χ1n) is 10.0. The van der Waals surface area contributed by atoms with Crippen molar-refractivity contribution in [3.05, 3.63) is 77.6 Å². The molecule has 0 amide bonds. The zero-order chi connectivity index (χ0) is 21.1. The monoisotopic (exact) mass is 403 g/mol. The van der Waals surface area contributed by atoms with E-state index in [9.17, 15) is 9.90 Å². The van der Waals surface area contributed by atoms with Crippen molar-refractivity contribution in [2.24, 2.45) is 0 Å². The van der Waals surface area contributed by atoms with Gasteiger partial charge in [0.15, 0.2) is 0 Å². The molecule has 154 valence electrons. The highest BCUT2D eigenvalue weighted by Gasteiger charge is 2.23. The Hall–Kier alpha value is -3.54. The maximum Gasteiger partial charge on any atom is 0.337 e. The Morgan fingerprint density at radius 3 is 2.90 bits per heavy atom. The summed E-state index contributed by atoms with van der Waals surface area (Å²) >= 11 is 0. The van der Waals surface area contributed by atoms with Gasteiger partial charge in [-0.15, -0.1) is 0 Å². The number of anilines is 3. The Labute approximate surface area is 176 Å². The van der Waals surface area contributed by atoms with Crippen molar-refractivity contribution in [2.75, 3.05) is 30.4 Å². The molecule has 0 bridgehead atoms. The molecule has 3 aromatic rings. The quantitative estimate of drug-likeness (QED) is 0.614. The number of hydrogen-bond acceptors (Lipinski definition) is 5. The average molecular weight is 403 g/mol. The summed E-state index contributed by atoms with van der Waals surface area (Å²) in [6.45, 7) is 3.36.